The van der Waals surface area contributed by atoms with Crippen molar-refractivity contribution in [3.05, 3.63) is 0 Å². The SMILES string of the molecule is CCC(CC)OC(C)F. The molecule has 0 heterocycles. The molecule has 0 bridgehead atoms. The Morgan fingerprint density at radius 3 is 1.89 bits per heavy atom. The fraction of sp³-hybridized carbons (Fsp3) is 1.00. The normalized spacial score (nSPS) is 14.3. The second kappa shape index (κ2) is 4.74. The van der Waals surface area contributed by atoms with E-state index in [9.17, 15) is 4.39 Å². The first-order chi connectivity index (χ1) is 4.20. The number of halogens is 1. The van der Waals surface area contributed by atoms with Crippen LogP contribution in [0.15, 0.2) is 0 Å². The molecule has 0 aromatic heterocycles. The number of alkyl halides is 1. The van der Waals surface area contributed by atoms with E-state index in [0.717, 1.165) is 12.8 Å². The van der Waals surface area contributed by atoms with Gasteiger partial charge < -0.3 is 4.74 Å². The van der Waals surface area contributed by atoms with Gasteiger partial charge >= 0.3 is 0 Å². The molecule has 56 valence electrons. The van der Waals surface area contributed by atoms with Gasteiger partial charge in [-0.3, -0.25) is 0 Å². The Hall–Kier alpha value is -0.110. The molecule has 0 aromatic rings. The molecule has 9 heavy (non-hydrogen) atoms. The maximum absolute atomic E-state index is 12.1. The number of ether oxygens (including phenoxy) is 1. The van der Waals surface area contributed by atoms with Gasteiger partial charge in [0.05, 0.1) is 6.10 Å². The molecule has 0 aliphatic rings. The maximum Gasteiger partial charge on any atom is 0.196 e. The van der Waals surface area contributed by atoms with Gasteiger partial charge in [-0.2, -0.15) is 0 Å². The summed E-state index contributed by atoms with van der Waals surface area (Å²) in [4.78, 5) is 0. The highest BCUT2D eigenvalue weighted by atomic mass is 19.1. The molecule has 2 heteroatoms. The summed E-state index contributed by atoms with van der Waals surface area (Å²) < 4.78 is 17.0. The third-order valence-corrected chi connectivity index (χ3v) is 1.29. The van der Waals surface area contributed by atoms with Crippen LogP contribution in [0.3, 0.4) is 0 Å². The zero-order chi connectivity index (χ0) is 7.28. The Morgan fingerprint density at radius 1 is 1.33 bits per heavy atom. The molecule has 0 saturated carbocycles. The van der Waals surface area contributed by atoms with Gasteiger partial charge in [0, 0.05) is 0 Å². The zero-order valence-corrected chi connectivity index (χ0v) is 6.36. The van der Waals surface area contributed by atoms with Crippen molar-refractivity contribution in [2.24, 2.45) is 0 Å². The second-order valence-electron chi connectivity index (χ2n) is 2.12. The summed E-state index contributed by atoms with van der Waals surface area (Å²) in [5.74, 6) is 0. The van der Waals surface area contributed by atoms with Gasteiger partial charge in [-0.05, 0) is 19.8 Å². The van der Waals surface area contributed by atoms with E-state index in [0.29, 0.717) is 0 Å². The molecule has 0 N–H and O–H groups in total. The van der Waals surface area contributed by atoms with Crippen LogP contribution in [-0.4, -0.2) is 12.5 Å². The van der Waals surface area contributed by atoms with Crippen molar-refractivity contribution in [2.75, 3.05) is 0 Å². The second-order valence-corrected chi connectivity index (χ2v) is 2.12. The molecule has 0 saturated heterocycles. The molecule has 0 amide bonds. The van der Waals surface area contributed by atoms with Crippen molar-refractivity contribution in [3.63, 3.8) is 0 Å². The summed E-state index contributed by atoms with van der Waals surface area (Å²) in [7, 11) is 0. The summed E-state index contributed by atoms with van der Waals surface area (Å²) >= 11 is 0. The summed E-state index contributed by atoms with van der Waals surface area (Å²) in [6, 6.07) is 0. The van der Waals surface area contributed by atoms with E-state index in [1.54, 1.807) is 0 Å². The standard InChI is InChI=1S/C7H15FO/c1-4-7(5-2)9-6(3)8/h6-7H,4-5H2,1-3H3. The largest absolute Gasteiger partial charge is 0.345 e. The average Bonchev–Trinajstić information content (AvgIpc) is 1.82. The molecule has 0 radical (unpaired) electrons. The van der Waals surface area contributed by atoms with Crippen LogP contribution in [0.2, 0.25) is 0 Å². The van der Waals surface area contributed by atoms with Crippen LogP contribution in [0, 0.1) is 0 Å². The minimum absolute atomic E-state index is 0.102. The highest BCUT2D eigenvalue weighted by Crippen LogP contribution is 2.06. The first-order valence-electron chi connectivity index (χ1n) is 3.50. The first kappa shape index (κ1) is 8.89. The Bertz CT molecular complexity index is 59.9. The molecule has 0 spiro atoms. The minimum atomic E-state index is -1.12. The van der Waals surface area contributed by atoms with Gasteiger partial charge in [0.15, 0.2) is 6.36 Å². The Morgan fingerprint density at radius 2 is 1.78 bits per heavy atom. The van der Waals surface area contributed by atoms with E-state index in [4.69, 9.17) is 4.74 Å². The van der Waals surface area contributed by atoms with Gasteiger partial charge in [-0.15, -0.1) is 0 Å². The van der Waals surface area contributed by atoms with Gasteiger partial charge in [0.2, 0.25) is 0 Å². The quantitative estimate of drug-likeness (QED) is 0.574. The Labute approximate surface area is 56.2 Å². The van der Waals surface area contributed by atoms with Gasteiger partial charge in [0.1, 0.15) is 0 Å². The molecular weight excluding hydrogens is 119 g/mol. The molecule has 0 rings (SSSR count). The van der Waals surface area contributed by atoms with Crippen molar-refractivity contribution in [1.82, 2.24) is 0 Å². The molecule has 0 aromatic carbocycles. The van der Waals surface area contributed by atoms with Crippen LogP contribution in [0.1, 0.15) is 33.6 Å². The summed E-state index contributed by atoms with van der Waals surface area (Å²) in [6.07, 6.45) is 0.773. The maximum atomic E-state index is 12.1. The van der Waals surface area contributed by atoms with E-state index in [-0.39, 0.29) is 6.10 Å². The molecule has 1 unspecified atom stereocenters. The van der Waals surface area contributed by atoms with Gasteiger partial charge in [0.25, 0.3) is 0 Å². The molecule has 0 aliphatic heterocycles. The predicted molar refractivity (Wildman–Crippen MR) is 36.0 cm³/mol. The number of hydrogen-bond donors (Lipinski definition) is 0. The van der Waals surface area contributed by atoms with Crippen molar-refractivity contribution in [2.45, 2.75) is 46.1 Å². The summed E-state index contributed by atoms with van der Waals surface area (Å²) in [5.41, 5.74) is 0. The van der Waals surface area contributed by atoms with Crippen LogP contribution in [0.25, 0.3) is 0 Å². The van der Waals surface area contributed by atoms with Gasteiger partial charge in [-0.25, -0.2) is 4.39 Å². The fourth-order valence-electron chi connectivity index (χ4n) is 0.746. The van der Waals surface area contributed by atoms with E-state index >= 15 is 0 Å². The number of hydrogen-bond acceptors (Lipinski definition) is 1. The summed E-state index contributed by atoms with van der Waals surface area (Å²) in [6.45, 7) is 5.41. The fourth-order valence-corrected chi connectivity index (χ4v) is 0.746. The highest BCUT2D eigenvalue weighted by Gasteiger charge is 2.06. The lowest BCUT2D eigenvalue weighted by Crippen LogP contribution is -2.14. The molecule has 0 aliphatic carbocycles. The summed E-state index contributed by atoms with van der Waals surface area (Å²) in [5, 5.41) is 0. The molecule has 1 nitrogen and oxygen atoms in total. The highest BCUT2D eigenvalue weighted by molar-refractivity contribution is 4.50. The van der Waals surface area contributed by atoms with E-state index in [2.05, 4.69) is 0 Å². The predicted octanol–water partition coefficient (Wildman–Crippen LogP) is 2.51. The van der Waals surface area contributed by atoms with Crippen molar-refractivity contribution >= 4 is 0 Å². The van der Waals surface area contributed by atoms with Crippen LogP contribution >= 0.6 is 0 Å². The lowest BCUT2D eigenvalue weighted by molar-refractivity contribution is -0.0757. The van der Waals surface area contributed by atoms with Crippen LogP contribution in [0.5, 0.6) is 0 Å². The average molecular weight is 134 g/mol. The van der Waals surface area contributed by atoms with E-state index in [1.807, 2.05) is 13.8 Å². The first-order valence-corrected chi connectivity index (χ1v) is 3.50. The number of rotatable bonds is 4. The zero-order valence-electron chi connectivity index (χ0n) is 6.36. The van der Waals surface area contributed by atoms with Crippen LogP contribution in [0.4, 0.5) is 4.39 Å². The topological polar surface area (TPSA) is 9.23 Å². The molecular formula is C7H15FO. The minimum Gasteiger partial charge on any atom is -0.345 e. The lowest BCUT2D eigenvalue weighted by atomic mass is 10.2. The van der Waals surface area contributed by atoms with Crippen molar-refractivity contribution < 1.29 is 9.13 Å². The third kappa shape index (κ3) is 4.40. The Kier molecular flexibility index (Phi) is 4.68. The molecule has 1 atom stereocenters. The molecule has 0 fully saturated rings. The monoisotopic (exact) mass is 134 g/mol. The third-order valence-electron chi connectivity index (χ3n) is 1.29. The Balaban J connectivity index is 3.31. The van der Waals surface area contributed by atoms with E-state index in [1.165, 1.54) is 6.92 Å². The van der Waals surface area contributed by atoms with Gasteiger partial charge in [-0.1, -0.05) is 13.8 Å². The van der Waals surface area contributed by atoms with Crippen LogP contribution < -0.4 is 0 Å². The lowest BCUT2D eigenvalue weighted by Gasteiger charge is -2.13. The smallest absolute Gasteiger partial charge is 0.196 e. The van der Waals surface area contributed by atoms with Crippen LogP contribution in [-0.2, 0) is 4.74 Å². The van der Waals surface area contributed by atoms with Crippen molar-refractivity contribution in [1.29, 1.82) is 0 Å². The van der Waals surface area contributed by atoms with Crippen molar-refractivity contribution in [3.8, 4) is 0 Å². The van der Waals surface area contributed by atoms with E-state index < -0.39 is 6.36 Å².